The fourth-order valence-electron chi connectivity index (χ4n) is 1.74. The molecule has 7 heteroatoms. The third-order valence-corrected chi connectivity index (χ3v) is 5.53. The average molecular weight is 391 g/mol. The lowest BCUT2D eigenvalue weighted by atomic mass is 10.2. The van der Waals surface area contributed by atoms with Gasteiger partial charge in [-0.15, -0.1) is 0 Å². The van der Waals surface area contributed by atoms with E-state index in [1.807, 2.05) is 24.3 Å². The summed E-state index contributed by atoms with van der Waals surface area (Å²) in [6, 6.07) is 11.7. The van der Waals surface area contributed by atoms with Gasteiger partial charge in [0, 0.05) is 11.0 Å². The van der Waals surface area contributed by atoms with Crippen molar-refractivity contribution in [1.29, 1.82) is 0 Å². The van der Waals surface area contributed by atoms with Crippen molar-refractivity contribution in [3.05, 3.63) is 63.1 Å². The van der Waals surface area contributed by atoms with Gasteiger partial charge >= 0.3 is 0 Å². The molecule has 112 valence electrons. The second-order valence-corrected chi connectivity index (χ2v) is 7.34. The van der Waals surface area contributed by atoms with E-state index in [9.17, 15) is 8.42 Å². The van der Waals surface area contributed by atoms with Gasteiger partial charge in [0.1, 0.15) is 4.90 Å². The lowest BCUT2D eigenvalue weighted by Gasteiger charge is -2.10. The molecule has 2 aromatic rings. The number of rotatable bonds is 5. The van der Waals surface area contributed by atoms with Crippen LogP contribution in [0.5, 0.6) is 0 Å². The monoisotopic (exact) mass is 389 g/mol. The molecule has 0 aliphatic heterocycles. The zero-order chi connectivity index (χ0) is 15.5. The summed E-state index contributed by atoms with van der Waals surface area (Å²) >= 11 is 9.30. The van der Waals surface area contributed by atoms with Gasteiger partial charge in [0.25, 0.3) is 0 Å². The molecule has 0 radical (unpaired) electrons. The summed E-state index contributed by atoms with van der Waals surface area (Å²) < 4.78 is 27.9. The van der Waals surface area contributed by atoms with Crippen molar-refractivity contribution in [2.24, 2.45) is 0 Å². The molecule has 2 rings (SSSR count). The van der Waals surface area contributed by atoms with Gasteiger partial charge in [0.2, 0.25) is 10.0 Å². The number of hydrogen-bond donors (Lipinski definition) is 2. The largest absolute Gasteiger partial charge is 0.392 e. The van der Waals surface area contributed by atoms with Crippen molar-refractivity contribution in [3.8, 4) is 0 Å². The van der Waals surface area contributed by atoms with Gasteiger partial charge in [-0.3, -0.25) is 0 Å². The quantitative estimate of drug-likeness (QED) is 0.824. The third-order valence-electron chi connectivity index (χ3n) is 2.88. The van der Waals surface area contributed by atoms with Crippen LogP contribution in [0.1, 0.15) is 11.1 Å². The van der Waals surface area contributed by atoms with E-state index in [4.69, 9.17) is 16.7 Å². The third kappa shape index (κ3) is 4.05. The fraction of sp³-hybridized carbons (Fsp3) is 0.143. The average Bonchev–Trinajstić information content (AvgIpc) is 2.47. The Morgan fingerprint density at radius 2 is 1.90 bits per heavy atom. The van der Waals surface area contributed by atoms with Crippen LogP contribution in [0.15, 0.2) is 51.8 Å². The van der Waals surface area contributed by atoms with Gasteiger partial charge in [-0.25, -0.2) is 13.1 Å². The molecule has 0 fully saturated rings. The van der Waals surface area contributed by atoms with Crippen molar-refractivity contribution < 1.29 is 13.5 Å². The minimum Gasteiger partial charge on any atom is -0.392 e. The minimum atomic E-state index is -3.75. The van der Waals surface area contributed by atoms with E-state index >= 15 is 0 Å². The topological polar surface area (TPSA) is 66.4 Å². The van der Waals surface area contributed by atoms with Crippen molar-refractivity contribution in [2.45, 2.75) is 18.0 Å². The van der Waals surface area contributed by atoms with Crippen molar-refractivity contribution in [3.63, 3.8) is 0 Å². The van der Waals surface area contributed by atoms with Gasteiger partial charge in [0.05, 0.1) is 11.6 Å². The lowest BCUT2D eigenvalue weighted by Crippen LogP contribution is -2.24. The number of sulfonamides is 1. The smallest absolute Gasteiger partial charge is 0.242 e. The van der Waals surface area contributed by atoms with E-state index in [2.05, 4.69) is 20.7 Å². The molecular formula is C14H13BrClNO3S. The highest BCUT2D eigenvalue weighted by Crippen LogP contribution is 2.23. The van der Waals surface area contributed by atoms with E-state index in [1.165, 1.54) is 12.1 Å². The van der Waals surface area contributed by atoms with Crippen LogP contribution in [-0.2, 0) is 23.2 Å². The molecule has 21 heavy (non-hydrogen) atoms. The molecule has 0 amide bonds. The summed E-state index contributed by atoms with van der Waals surface area (Å²) in [5.74, 6) is 0. The standard InChI is InChI=1S/C14H13BrClNO3S/c15-12-4-2-1-3-11(12)8-17-21(19,20)14-7-10(9-18)5-6-13(14)16/h1-7,17-18H,8-9H2. The SMILES string of the molecule is O=S(=O)(NCc1ccccc1Br)c1cc(CO)ccc1Cl. The van der Waals surface area contributed by atoms with Crippen LogP contribution in [0.3, 0.4) is 0 Å². The van der Waals surface area contributed by atoms with Gasteiger partial charge < -0.3 is 5.11 Å². The molecule has 2 N–H and O–H groups in total. The molecule has 0 saturated carbocycles. The molecule has 2 aromatic carbocycles. The first-order chi connectivity index (χ1) is 9.94. The van der Waals surface area contributed by atoms with E-state index in [0.29, 0.717) is 5.56 Å². The molecule has 0 bridgehead atoms. The molecule has 0 atom stereocenters. The van der Waals surface area contributed by atoms with Gasteiger partial charge in [-0.05, 0) is 29.3 Å². The van der Waals surface area contributed by atoms with Crippen LogP contribution in [0, 0.1) is 0 Å². The summed E-state index contributed by atoms with van der Waals surface area (Å²) in [7, 11) is -3.75. The van der Waals surface area contributed by atoms with Crippen LogP contribution in [-0.4, -0.2) is 13.5 Å². The number of hydrogen-bond acceptors (Lipinski definition) is 3. The summed E-state index contributed by atoms with van der Waals surface area (Å²) in [5, 5.41) is 9.22. The molecule has 0 aliphatic carbocycles. The Bertz CT molecular complexity index is 750. The molecule has 0 spiro atoms. The maximum Gasteiger partial charge on any atom is 0.242 e. The predicted molar refractivity (Wildman–Crippen MR) is 85.5 cm³/mol. The maximum absolute atomic E-state index is 12.3. The Morgan fingerprint density at radius 1 is 1.19 bits per heavy atom. The van der Waals surface area contributed by atoms with Crippen molar-refractivity contribution >= 4 is 37.6 Å². The highest BCUT2D eigenvalue weighted by atomic mass is 79.9. The molecule has 0 saturated heterocycles. The van der Waals surface area contributed by atoms with Crippen LogP contribution < -0.4 is 4.72 Å². The second-order valence-electron chi connectivity index (χ2n) is 4.34. The Morgan fingerprint density at radius 3 is 2.57 bits per heavy atom. The molecule has 0 unspecified atom stereocenters. The zero-order valence-corrected chi connectivity index (χ0v) is 14.0. The van der Waals surface area contributed by atoms with Crippen LogP contribution in [0.4, 0.5) is 0 Å². The molecule has 4 nitrogen and oxygen atoms in total. The van der Waals surface area contributed by atoms with Crippen LogP contribution >= 0.6 is 27.5 Å². The van der Waals surface area contributed by atoms with Gasteiger partial charge in [-0.1, -0.05) is 51.8 Å². The zero-order valence-electron chi connectivity index (χ0n) is 10.9. The summed E-state index contributed by atoms with van der Waals surface area (Å²) in [6.45, 7) is -0.104. The van der Waals surface area contributed by atoms with Crippen LogP contribution in [0.25, 0.3) is 0 Å². The van der Waals surface area contributed by atoms with Gasteiger partial charge in [-0.2, -0.15) is 0 Å². The highest BCUT2D eigenvalue weighted by molar-refractivity contribution is 9.10. The number of aliphatic hydroxyl groups is 1. The summed E-state index contributed by atoms with van der Waals surface area (Å²) in [4.78, 5) is -0.0391. The number of halogens is 2. The number of nitrogens with one attached hydrogen (secondary N) is 1. The van der Waals surface area contributed by atoms with Crippen molar-refractivity contribution in [1.82, 2.24) is 4.72 Å². The van der Waals surface area contributed by atoms with E-state index in [-0.39, 0.29) is 23.1 Å². The molecule has 0 aromatic heterocycles. The normalized spacial score (nSPS) is 11.6. The van der Waals surface area contributed by atoms with Gasteiger partial charge in [0.15, 0.2) is 0 Å². The van der Waals surface area contributed by atoms with Crippen molar-refractivity contribution in [2.75, 3.05) is 0 Å². The summed E-state index contributed by atoms with van der Waals surface area (Å²) in [5.41, 5.74) is 1.30. The Hall–Kier alpha value is -0.920. The minimum absolute atomic E-state index is 0.0391. The maximum atomic E-state index is 12.3. The number of benzene rings is 2. The molecule has 0 aliphatic rings. The first kappa shape index (κ1) is 16.5. The second kappa shape index (κ2) is 6.89. The highest BCUT2D eigenvalue weighted by Gasteiger charge is 2.18. The fourth-order valence-corrected chi connectivity index (χ4v) is 3.72. The van der Waals surface area contributed by atoms with E-state index in [1.54, 1.807) is 6.07 Å². The Labute approximate surface area is 136 Å². The Balaban J connectivity index is 2.25. The lowest BCUT2D eigenvalue weighted by molar-refractivity contribution is 0.281. The number of aliphatic hydroxyl groups excluding tert-OH is 1. The first-order valence-electron chi connectivity index (χ1n) is 6.06. The molecule has 0 heterocycles. The van der Waals surface area contributed by atoms with E-state index in [0.717, 1.165) is 10.0 Å². The van der Waals surface area contributed by atoms with E-state index < -0.39 is 10.0 Å². The summed E-state index contributed by atoms with van der Waals surface area (Å²) in [6.07, 6.45) is 0. The first-order valence-corrected chi connectivity index (χ1v) is 8.72. The van der Waals surface area contributed by atoms with Crippen LogP contribution in [0.2, 0.25) is 5.02 Å². The Kier molecular flexibility index (Phi) is 5.40. The predicted octanol–water partition coefficient (Wildman–Crippen LogP) is 3.07. The molecular weight excluding hydrogens is 378 g/mol.